The van der Waals surface area contributed by atoms with Gasteiger partial charge in [0.05, 0.1) is 34.4 Å². The quantitative estimate of drug-likeness (QED) is 0.0211. The number of rotatable bonds is 71. The van der Waals surface area contributed by atoms with Gasteiger partial charge in [-0.25, -0.2) is 4.79 Å². The first-order valence-electron chi connectivity index (χ1n) is 39.0. The summed E-state index contributed by atoms with van der Waals surface area (Å²) in [5.74, 6) is -2.01. The van der Waals surface area contributed by atoms with Crippen LogP contribution in [0.25, 0.3) is 0 Å². The molecule has 95 heavy (non-hydrogen) atoms. The van der Waals surface area contributed by atoms with Gasteiger partial charge in [-0.05, 0) is 116 Å². The fourth-order valence-electron chi connectivity index (χ4n) is 10.7. The van der Waals surface area contributed by atoms with E-state index < -0.39 is 24.3 Å². The van der Waals surface area contributed by atoms with Crippen molar-refractivity contribution in [1.29, 1.82) is 0 Å². The lowest BCUT2D eigenvalue weighted by Gasteiger charge is -2.25. The Morgan fingerprint density at radius 3 is 0.842 bits per heavy atom. The van der Waals surface area contributed by atoms with Gasteiger partial charge in [-0.15, -0.1) is 0 Å². The Balaban J connectivity index is 4.07. The van der Waals surface area contributed by atoms with Crippen molar-refractivity contribution < 1.29 is 42.9 Å². The van der Waals surface area contributed by atoms with Crippen LogP contribution in [0.5, 0.6) is 0 Å². The summed E-state index contributed by atoms with van der Waals surface area (Å²) in [6.45, 7) is 4.67. The fourth-order valence-corrected chi connectivity index (χ4v) is 10.7. The molecule has 0 bridgehead atoms. The molecule has 0 aromatic carbocycles. The highest BCUT2D eigenvalue weighted by molar-refractivity contribution is 5.71. The van der Waals surface area contributed by atoms with Crippen LogP contribution in [0, 0.1) is 0 Å². The van der Waals surface area contributed by atoms with Gasteiger partial charge in [-0.2, -0.15) is 0 Å². The van der Waals surface area contributed by atoms with Crippen LogP contribution in [0.4, 0.5) is 0 Å². The predicted molar refractivity (Wildman–Crippen MR) is 410 cm³/mol. The molecule has 1 N–H and O–H groups in total. The molecule has 0 amide bonds. The van der Waals surface area contributed by atoms with Crippen molar-refractivity contribution in [2.24, 2.45) is 0 Å². The van der Waals surface area contributed by atoms with E-state index in [-0.39, 0.29) is 32.2 Å². The lowest BCUT2D eigenvalue weighted by molar-refractivity contribution is -0.870. The minimum absolute atomic E-state index is 0.182. The number of nitrogens with zero attached hydrogens (tertiary/aromatic N) is 1. The van der Waals surface area contributed by atoms with Gasteiger partial charge in [0.1, 0.15) is 13.2 Å². The smallest absolute Gasteiger partial charge is 0.361 e. The first-order chi connectivity index (χ1) is 46.6. The van der Waals surface area contributed by atoms with Gasteiger partial charge in [0.25, 0.3) is 6.29 Å². The van der Waals surface area contributed by atoms with Gasteiger partial charge < -0.3 is 28.5 Å². The molecule has 0 saturated carbocycles. The summed E-state index contributed by atoms with van der Waals surface area (Å²) in [6.07, 6.45) is 107. The third kappa shape index (κ3) is 76.4. The molecule has 0 aliphatic rings. The molecule has 0 heterocycles. The van der Waals surface area contributed by atoms with Crippen molar-refractivity contribution in [3.63, 3.8) is 0 Å². The molecule has 0 aromatic rings. The lowest BCUT2D eigenvalue weighted by atomic mass is 10.0. The van der Waals surface area contributed by atoms with Crippen molar-refractivity contribution in [2.45, 2.75) is 334 Å². The normalized spacial score (nSPS) is 13.5. The SMILES string of the molecule is CC/C=C\C/C=C\C/C=C\C/C=C\C/C=C\C/C=C\C/C=C\C/C=C\CCCCCCCCCCCCC(=O)OC(COC(=O)CCCCCCCCCCCCCCCCCCCCCCCC/C=C\C/C=C\C/C=C\C/C=C\CC)COC(OCC[N+](C)(C)C)C(=O)O. The molecule has 0 radical (unpaired) electrons. The number of unbranched alkanes of at least 4 members (excludes halogenated alkanes) is 32. The van der Waals surface area contributed by atoms with Crippen molar-refractivity contribution in [3.05, 3.63) is 146 Å². The minimum atomic E-state index is -1.52. The number of carbonyl (C=O) groups is 3. The summed E-state index contributed by atoms with van der Waals surface area (Å²) in [4.78, 5) is 37.7. The van der Waals surface area contributed by atoms with Crippen LogP contribution in [0.3, 0.4) is 0 Å². The fraction of sp³-hybridized carbons (Fsp3) is 0.686. The molecule has 2 atom stereocenters. The van der Waals surface area contributed by atoms with Gasteiger partial charge in [0.2, 0.25) is 0 Å². The minimum Gasteiger partial charge on any atom is -0.477 e. The molecule has 542 valence electrons. The van der Waals surface area contributed by atoms with Crippen LogP contribution in [-0.4, -0.2) is 87.4 Å². The second-order valence-electron chi connectivity index (χ2n) is 26.9. The number of ether oxygens (including phenoxy) is 4. The molecule has 0 aromatic heterocycles. The maximum absolute atomic E-state index is 13.0. The predicted octanol–water partition coefficient (Wildman–Crippen LogP) is 25.0. The highest BCUT2D eigenvalue weighted by atomic mass is 16.7. The van der Waals surface area contributed by atoms with Gasteiger partial charge >= 0.3 is 17.9 Å². The summed E-state index contributed by atoms with van der Waals surface area (Å²) in [5.41, 5.74) is 0. The molecular weight excluding hydrogens is 1170 g/mol. The standard InChI is InChI=1S/C86H145NO8/c1-6-8-10-12-14-16-18-20-22-24-26-28-30-32-34-36-38-40-42-44-46-48-50-52-54-56-58-60-62-64-66-68-70-72-74-76-83(88)93-80-82(81-94-86(85(90)91)92-79-78-87(3,4)5)95-84(89)77-75-73-71-69-67-65-63-61-59-57-55-53-51-49-47-45-43-41-39-37-35-33-31-29-27-25-23-21-19-17-15-13-11-9-7-2/h8-11,14-17,20-23,26-29,33,35,39,41,45,47,51,53,82,86H,6-7,12-13,18-19,24-25,30-32,34,36-38,40,42-44,46,48-50,52,54-81H2,1-5H3/p+1/b10-8-,11-9-,16-14-,17-15-,22-20-,23-21-,28-26-,29-27-,35-33-,41-39-,47-45-,53-51-. The van der Waals surface area contributed by atoms with E-state index >= 15 is 0 Å². The number of esters is 2. The molecule has 0 spiro atoms. The van der Waals surface area contributed by atoms with E-state index in [9.17, 15) is 19.5 Å². The molecule has 2 unspecified atom stereocenters. The molecule has 9 nitrogen and oxygen atoms in total. The number of quaternary nitrogens is 1. The third-order valence-electron chi connectivity index (χ3n) is 16.6. The van der Waals surface area contributed by atoms with Crippen LogP contribution >= 0.6 is 0 Å². The Morgan fingerprint density at radius 2 is 0.568 bits per heavy atom. The first-order valence-corrected chi connectivity index (χ1v) is 39.0. The van der Waals surface area contributed by atoms with E-state index in [1.54, 1.807) is 0 Å². The van der Waals surface area contributed by atoms with Crippen LogP contribution < -0.4 is 0 Å². The summed E-state index contributed by atoms with van der Waals surface area (Å²) in [7, 11) is 5.98. The van der Waals surface area contributed by atoms with Crippen LogP contribution in [-0.2, 0) is 33.3 Å². The molecule has 0 fully saturated rings. The zero-order valence-electron chi connectivity index (χ0n) is 62.0. The van der Waals surface area contributed by atoms with Crippen LogP contribution in [0.2, 0.25) is 0 Å². The number of allylic oxidation sites excluding steroid dienone is 24. The van der Waals surface area contributed by atoms with Gasteiger partial charge in [-0.1, -0.05) is 339 Å². The van der Waals surface area contributed by atoms with Gasteiger partial charge in [-0.3, -0.25) is 9.59 Å². The molecule has 0 rings (SSSR count). The maximum atomic E-state index is 13.0. The number of carboxylic acid groups (broad SMARTS) is 1. The first kappa shape index (κ1) is 90.2. The van der Waals surface area contributed by atoms with Gasteiger partial charge in [0.15, 0.2) is 6.10 Å². The third-order valence-corrected chi connectivity index (χ3v) is 16.6. The average Bonchev–Trinajstić information content (AvgIpc) is 3.58. The molecule has 0 aliphatic carbocycles. The summed E-state index contributed by atoms with van der Waals surface area (Å²) < 4.78 is 23.0. The number of likely N-dealkylation sites (N-methyl/N-ethyl adjacent to an activating group) is 1. The largest absolute Gasteiger partial charge is 0.477 e. The van der Waals surface area contributed by atoms with Crippen LogP contribution in [0.1, 0.15) is 322 Å². The summed E-state index contributed by atoms with van der Waals surface area (Å²) >= 11 is 0. The zero-order valence-corrected chi connectivity index (χ0v) is 62.0. The van der Waals surface area contributed by atoms with Crippen LogP contribution in [0.15, 0.2) is 146 Å². The average molecular weight is 1320 g/mol. The Hall–Kier alpha value is -4.83. The van der Waals surface area contributed by atoms with E-state index in [4.69, 9.17) is 18.9 Å². The lowest BCUT2D eigenvalue weighted by Crippen LogP contribution is -2.40. The Morgan fingerprint density at radius 1 is 0.316 bits per heavy atom. The van der Waals surface area contributed by atoms with Gasteiger partial charge in [0, 0.05) is 12.8 Å². The Bertz CT molecular complexity index is 2080. The molecule has 9 heteroatoms. The maximum Gasteiger partial charge on any atom is 0.361 e. The molecular formula is C86H146NO8+. The van der Waals surface area contributed by atoms with Crippen molar-refractivity contribution >= 4 is 17.9 Å². The summed E-state index contributed by atoms with van der Waals surface area (Å²) in [5, 5.41) is 9.77. The topological polar surface area (TPSA) is 108 Å². The number of hydrogen-bond acceptors (Lipinski definition) is 7. The van der Waals surface area contributed by atoms with Crippen molar-refractivity contribution in [3.8, 4) is 0 Å². The number of carboxylic acids is 1. The van der Waals surface area contributed by atoms with Crippen molar-refractivity contribution in [1.82, 2.24) is 0 Å². The highest BCUT2D eigenvalue weighted by Crippen LogP contribution is 2.18. The summed E-state index contributed by atoms with van der Waals surface area (Å²) in [6, 6.07) is 0. The number of aliphatic carboxylic acids is 1. The Labute approximate surface area is 585 Å². The Kier molecular flexibility index (Phi) is 71.1. The van der Waals surface area contributed by atoms with E-state index in [0.717, 1.165) is 122 Å². The van der Waals surface area contributed by atoms with E-state index in [0.29, 0.717) is 23.9 Å². The number of hydrogen-bond donors (Lipinski definition) is 1. The highest BCUT2D eigenvalue weighted by Gasteiger charge is 2.25. The molecule has 0 saturated heterocycles. The second-order valence-corrected chi connectivity index (χ2v) is 26.9. The van der Waals surface area contributed by atoms with E-state index in [1.165, 1.54) is 167 Å². The van der Waals surface area contributed by atoms with E-state index in [1.807, 2.05) is 21.1 Å². The van der Waals surface area contributed by atoms with Crippen molar-refractivity contribution in [2.75, 3.05) is 47.5 Å². The number of carbonyl (C=O) groups excluding carboxylic acids is 2. The molecule has 0 aliphatic heterocycles. The van der Waals surface area contributed by atoms with E-state index in [2.05, 4.69) is 160 Å². The second kappa shape index (κ2) is 75.0. The zero-order chi connectivity index (χ0) is 69.0. The monoisotopic (exact) mass is 1320 g/mol.